The van der Waals surface area contributed by atoms with E-state index in [1.165, 1.54) is 0 Å². The summed E-state index contributed by atoms with van der Waals surface area (Å²) in [6, 6.07) is -0.101. The number of amides is 1. The van der Waals surface area contributed by atoms with Gasteiger partial charge in [-0.1, -0.05) is 0 Å². The first-order chi connectivity index (χ1) is 10.7. The van der Waals surface area contributed by atoms with Crippen LogP contribution in [0.1, 0.15) is 40.0 Å². The SMILES string of the molecule is CN(C)CCC(=O)C1CC2COCC(C1)N2C(=O)OC(C)(C)C. The Labute approximate surface area is 139 Å². The number of piperidine rings is 1. The molecule has 0 aromatic heterocycles. The zero-order valence-electron chi connectivity index (χ0n) is 15.0. The number of morpholine rings is 1. The van der Waals surface area contributed by atoms with E-state index in [-0.39, 0.29) is 24.1 Å². The Balaban J connectivity index is 2.00. The third-order valence-electron chi connectivity index (χ3n) is 4.39. The Bertz CT molecular complexity index is 430. The summed E-state index contributed by atoms with van der Waals surface area (Å²) in [6.45, 7) is 7.37. The molecule has 0 N–H and O–H groups in total. The van der Waals surface area contributed by atoms with Gasteiger partial charge >= 0.3 is 6.09 Å². The number of ether oxygens (including phenoxy) is 2. The molecule has 2 bridgehead atoms. The van der Waals surface area contributed by atoms with Gasteiger partial charge in [0.25, 0.3) is 0 Å². The first kappa shape index (κ1) is 18.2. The maximum Gasteiger partial charge on any atom is 0.410 e. The van der Waals surface area contributed by atoms with E-state index in [1.807, 2.05) is 44.7 Å². The molecule has 2 aliphatic rings. The first-order valence-corrected chi connectivity index (χ1v) is 8.44. The van der Waals surface area contributed by atoms with Crippen LogP contribution in [0.15, 0.2) is 0 Å². The summed E-state index contributed by atoms with van der Waals surface area (Å²) in [5.41, 5.74) is -0.509. The molecule has 0 radical (unpaired) electrons. The molecule has 1 amide bonds. The van der Waals surface area contributed by atoms with Crippen LogP contribution in [0, 0.1) is 5.92 Å². The summed E-state index contributed by atoms with van der Waals surface area (Å²) in [7, 11) is 3.95. The minimum atomic E-state index is -0.509. The van der Waals surface area contributed by atoms with Crippen LogP contribution in [-0.2, 0) is 14.3 Å². The average molecular weight is 326 g/mol. The van der Waals surface area contributed by atoms with E-state index in [1.54, 1.807) is 0 Å². The van der Waals surface area contributed by atoms with E-state index in [4.69, 9.17) is 9.47 Å². The van der Waals surface area contributed by atoms with Gasteiger partial charge in [0.15, 0.2) is 0 Å². The van der Waals surface area contributed by atoms with E-state index >= 15 is 0 Å². The lowest BCUT2D eigenvalue weighted by Gasteiger charge is -2.47. The molecule has 132 valence electrons. The normalized spacial score (nSPS) is 27.9. The first-order valence-electron chi connectivity index (χ1n) is 8.44. The molecule has 0 saturated carbocycles. The minimum Gasteiger partial charge on any atom is -0.444 e. The summed E-state index contributed by atoms with van der Waals surface area (Å²) < 4.78 is 11.1. The van der Waals surface area contributed by atoms with Gasteiger partial charge in [0, 0.05) is 18.9 Å². The second-order valence-corrected chi connectivity index (χ2v) is 7.92. The van der Waals surface area contributed by atoms with Crippen molar-refractivity contribution in [1.29, 1.82) is 0 Å². The summed E-state index contributed by atoms with van der Waals surface area (Å²) in [4.78, 5) is 28.7. The highest BCUT2D eigenvalue weighted by atomic mass is 16.6. The highest BCUT2D eigenvalue weighted by Gasteiger charge is 2.44. The summed E-state index contributed by atoms with van der Waals surface area (Å²) in [5.74, 6) is 0.340. The fourth-order valence-electron chi connectivity index (χ4n) is 3.33. The smallest absolute Gasteiger partial charge is 0.410 e. The molecule has 23 heavy (non-hydrogen) atoms. The molecule has 2 atom stereocenters. The minimum absolute atomic E-state index is 0.0348. The van der Waals surface area contributed by atoms with Crippen molar-refractivity contribution in [1.82, 2.24) is 9.80 Å². The van der Waals surface area contributed by atoms with Gasteiger partial charge in [-0.05, 0) is 47.7 Å². The van der Waals surface area contributed by atoms with Crippen LogP contribution in [-0.4, -0.2) is 73.2 Å². The number of rotatable bonds is 4. The van der Waals surface area contributed by atoms with Crippen LogP contribution >= 0.6 is 0 Å². The predicted octanol–water partition coefficient (Wildman–Crippen LogP) is 1.92. The maximum atomic E-state index is 12.5. The number of hydrogen-bond acceptors (Lipinski definition) is 5. The summed E-state index contributed by atoms with van der Waals surface area (Å²) in [5, 5.41) is 0. The molecule has 2 rings (SSSR count). The van der Waals surface area contributed by atoms with Gasteiger partial charge in [0.1, 0.15) is 11.4 Å². The molecular weight excluding hydrogens is 296 g/mol. The van der Waals surface area contributed by atoms with Gasteiger partial charge in [-0.3, -0.25) is 9.69 Å². The van der Waals surface area contributed by atoms with Crippen LogP contribution in [0.4, 0.5) is 4.79 Å². The van der Waals surface area contributed by atoms with Crippen LogP contribution in [0.5, 0.6) is 0 Å². The van der Waals surface area contributed by atoms with Gasteiger partial charge in [0.05, 0.1) is 25.3 Å². The lowest BCUT2D eigenvalue weighted by Crippen LogP contribution is -2.60. The third kappa shape index (κ3) is 4.91. The largest absolute Gasteiger partial charge is 0.444 e. The van der Waals surface area contributed by atoms with Crippen molar-refractivity contribution in [2.75, 3.05) is 33.9 Å². The van der Waals surface area contributed by atoms with Crippen molar-refractivity contribution in [3.05, 3.63) is 0 Å². The van der Waals surface area contributed by atoms with Gasteiger partial charge in [0.2, 0.25) is 0 Å². The van der Waals surface area contributed by atoms with Crippen molar-refractivity contribution in [2.45, 2.75) is 57.7 Å². The number of hydrogen-bond donors (Lipinski definition) is 0. The molecule has 6 heteroatoms. The molecule has 0 aliphatic carbocycles. The molecule has 2 aliphatic heterocycles. The van der Waals surface area contributed by atoms with E-state index in [0.717, 1.165) is 6.54 Å². The van der Waals surface area contributed by atoms with E-state index in [0.29, 0.717) is 38.3 Å². The maximum absolute atomic E-state index is 12.5. The fourth-order valence-corrected chi connectivity index (χ4v) is 3.33. The fraction of sp³-hybridized carbons (Fsp3) is 0.882. The number of carbonyl (C=O) groups excluding carboxylic acids is 2. The summed E-state index contributed by atoms with van der Waals surface area (Å²) in [6.07, 6.45) is 1.66. The topological polar surface area (TPSA) is 59.1 Å². The number of nitrogens with zero attached hydrogens (tertiary/aromatic N) is 2. The Morgan fingerprint density at radius 3 is 2.22 bits per heavy atom. The number of Topliss-reactive ketones (excluding diaryl/α,β-unsaturated/α-hetero) is 1. The average Bonchev–Trinajstić information content (AvgIpc) is 2.41. The quantitative estimate of drug-likeness (QED) is 0.790. The predicted molar refractivity (Wildman–Crippen MR) is 87.4 cm³/mol. The molecule has 6 nitrogen and oxygen atoms in total. The highest BCUT2D eigenvalue weighted by molar-refractivity contribution is 5.82. The standard InChI is InChI=1S/C17H30N2O4/c1-17(2,3)23-16(21)19-13-8-12(9-14(19)11-22-10-13)15(20)6-7-18(4)5/h12-14H,6-11H2,1-5H3. The van der Waals surface area contributed by atoms with Crippen molar-refractivity contribution in [3.8, 4) is 0 Å². The van der Waals surface area contributed by atoms with Crippen molar-refractivity contribution in [3.63, 3.8) is 0 Å². The van der Waals surface area contributed by atoms with E-state index in [2.05, 4.69) is 0 Å². The molecule has 2 unspecified atom stereocenters. The van der Waals surface area contributed by atoms with Crippen molar-refractivity contribution < 1.29 is 19.1 Å². The van der Waals surface area contributed by atoms with E-state index < -0.39 is 5.60 Å². The Hall–Kier alpha value is -1.14. The van der Waals surface area contributed by atoms with Gasteiger partial charge in [-0.2, -0.15) is 0 Å². The highest BCUT2D eigenvalue weighted by Crippen LogP contribution is 2.33. The van der Waals surface area contributed by atoms with Gasteiger partial charge < -0.3 is 14.4 Å². The number of ketones is 1. The molecule has 0 spiro atoms. The zero-order valence-corrected chi connectivity index (χ0v) is 15.0. The molecule has 2 saturated heterocycles. The Morgan fingerprint density at radius 1 is 1.17 bits per heavy atom. The summed E-state index contributed by atoms with van der Waals surface area (Å²) >= 11 is 0. The Morgan fingerprint density at radius 2 is 1.74 bits per heavy atom. The monoisotopic (exact) mass is 326 g/mol. The third-order valence-corrected chi connectivity index (χ3v) is 4.39. The Kier molecular flexibility index (Phi) is 5.68. The number of carbonyl (C=O) groups is 2. The van der Waals surface area contributed by atoms with Gasteiger partial charge in [-0.15, -0.1) is 0 Å². The molecule has 0 aromatic carbocycles. The molecule has 2 fully saturated rings. The van der Waals surface area contributed by atoms with Crippen LogP contribution < -0.4 is 0 Å². The molecule has 2 heterocycles. The van der Waals surface area contributed by atoms with Crippen LogP contribution in [0.25, 0.3) is 0 Å². The van der Waals surface area contributed by atoms with Crippen molar-refractivity contribution in [2.24, 2.45) is 5.92 Å². The second kappa shape index (κ2) is 7.18. The lowest BCUT2D eigenvalue weighted by molar-refractivity contribution is -0.132. The van der Waals surface area contributed by atoms with Crippen LogP contribution in [0.3, 0.4) is 0 Å². The molecular formula is C17H30N2O4. The van der Waals surface area contributed by atoms with Crippen LogP contribution in [0.2, 0.25) is 0 Å². The molecule has 0 aromatic rings. The lowest BCUT2D eigenvalue weighted by atomic mass is 9.82. The number of fused-ring (bicyclic) bond motifs is 2. The second-order valence-electron chi connectivity index (χ2n) is 7.92. The zero-order chi connectivity index (χ0) is 17.2. The van der Waals surface area contributed by atoms with Crippen molar-refractivity contribution >= 4 is 11.9 Å². The van der Waals surface area contributed by atoms with E-state index in [9.17, 15) is 9.59 Å². The van der Waals surface area contributed by atoms with Gasteiger partial charge in [-0.25, -0.2) is 4.79 Å².